The van der Waals surface area contributed by atoms with Crippen LogP contribution in [-0.2, 0) is 0 Å². The monoisotopic (exact) mass is 171 g/mol. The van der Waals surface area contributed by atoms with Gasteiger partial charge in [-0.2, -0.15) is 0 Å². The van der Waals surface area contributed by atoms with Gasteiger partial charge in [-0.25, -0.2) is 0 Å². The van der Waals surface area contributed by atoms with Crippen LogP contribution < -0.4 is 5.73 Å². The van der Waals surface area contributed by atoms with Gasteiger partial charge in [0.2, 0.25) is 0 Å². The summed E-state index contributed by atoms with van der Waals surface area (Å²) in [7, 11) is 0. The van der Waals surface area contributed by atoms with E-state index in [9.17, 15) is 0 Å². The van der Waals surface area contributed by atoms with Crippen molar-refractivity contribution in [2.24, 2.45) is 11.7 Å². The predicted octanol–water partition coefficient (Wildman–Crippen LogP) is 3.33. The first kappa shape index (κ1) is 12.0. The maximum atomic E-state index is 6.32. The second kappa shape index (κ2) is 5.58. The molecular weight excluding hydrogens is 146 g/mol. The molecule has 74 valence electrons. The minimum absolute atomic E-state index is 0.123. The molecule has 0 aromatic heterocycles. The van der Waals surface area contributed by atoms with Gasteiger partial charge in [0.1, 0.15) is 0 Å². The van der Waals surface area contributed by atoms with Crippen LogP contribution in [-0.4, -0.2) is 5.54 Å². The van der Waals surface area contributed by atoms with Gasteiger partial charge >= 0.3 is 0 Å². The highest BCUT2D eigenvalue weighted by Crippen LogP contribution is 2.24. The lowest BCUT2D eigenvalue weighted by Crippen LogP contribution is -2.40. The Morgan fingerprint density at radius 1 is 1.08 bits per heavy atom. The SMILES string of the molecule is CCCC(N)(CCC)CC(C)C. The van der Waals surface area contributed by atoms with Crippen molar-refractivity contribution in [1.29, 1.82) is 0 Å². The molecule has 1 nitrogen and oxygen atoms in total. The fourth-order valence-corrected chi connectivity index (χ4v) is 2.14. The van der Waals surface area contributed by atoms with Crippen molar-refractivity contribution in [2.75, 3.05) is 0 Å². The molecule has 0 saturated heterocycles. The molecule has 0 atom stereocenters. The van der Waals surface area contributed by atoms with Gasteiger partial charge in [0.15, 0.2) is 0 Å². The van der Waals surface area contributed by atoms with E-state index in [-0.39, 0.29) is 5.54 Å². The summed E-state index contributed by atoms with van der Waals surface area (Å²) in [5, 5.41) is 0. The molecule has 0 amide bonds. The number of nitrogens with two attached hydrogens (primary N) is 1. The molecule has 12 heavy (non-hydrogen) atoms. The van der Waals surface area contributed by atoms with Crippen molar-refractivity contribution >= 4 is 0 Å². The lowest BCUT2D eigenvalue weighted by molar-refractivity contribution is 0.294. The minimum Gasteiger partial charge on any atom is -0.325 e. The quantitative estimate of drug-likeness (QED) is 0.652. The Labute approximate surface area is 77.7 Å². The number of rotatable bonds is 6. The highest BCUT2D eigenvalue weighted by molar-refractivity contribution is 4.83. The smallest absolute Gasteiger partial charge is 0.0156 e. The summed E-state index contributed by atoms with van der Waals surface area (Å²) in [6.45, 7) is 8.95. The first-order chi connectivity index (χ1) is 5.54. The number of hydrogen-bond donors (Lipinski definition) is 1. The van der Waals surface area contributed by atoms with Crippen LogP contribution in [0.25, 0.3) is 0 Å². The van der Waals surface area contributed by atoms with E-state index in [4.69, 9.17) is 5.73 Å². The largest absolute Gasteiger partial charge is 0.325 e. The van der Waals surface area contributed by atoms with E-state index in [0.717, 1.165) is 5.92 Å². The van der Waals surface area contributed by atoms with Crippen molar-refractivity contribution in [2.45, 2.75) is 65.3 Å². The van der Waals surface area contributed by atoms with Crippen LogP contribution in [0.5, 0.6) is 0 Å². The highest BCUT2D eigenvalue weighted by Gasteiger charge is 2.23. The van der Waals surface area contributed by atoms with Crippen LogP contribution in [0.2, 0.25) is 0 Å². The third-order valence-electron chi connectivity index (χ3n) is 2.31. The lowest BCUT2D eigenvalue weighted by atomic mass is 9.82. The van der Waals surface area contributed by atoms with Crippen molar-refractivity contribution in [1.82, 2.24) is 0 Å². The fourth-order valence-electron chi connectivity index (χ4n) is 2.14. The summed E-state index contributed by atoms with van der Waals surface area (Å²) >= 11 is 0. The van der Waals surface area contributed by atoms with Gasteiger partial charge in [-0.05, 0) is 25.2 Å². The molecule has 0 saturated carbocycles. The number of hydrogen-bond acceptors (Lipinski definition) is 1. The van der Waals surface area contributed by atoms with E-state index in [2.05, 4.69) is 27.7 Å². The van der Waals surface area contributed by atoms with E-state index in [1.165, 1.54) is 32.1 Å². The molecular formula is C11H25N. The molecule has 0 radical (unpaired) electrons. The standard InChI is InChI=1S/C11H25N/c1-5-7-11(12,8-6-2)9-10(3)4/h10H,5-9,12H2,1-4H3. The normalized spacial score (nSPS) is 12.5. The molecule has 0 heterocycles. The van der Waals surface area contributed by atoms with Crippen molar-refractivity contribution < 1.29 is 0 Å². The molecule has 0 rings (SSSR count). The maximum absolute atomic E-state index is 6.32. The molecule has 0 fully saturated rings. The van der Waals surface area contributed by atoms with Crippen molar-refractivity contribution in [3.05, 3.63) is 0 Å². The zero-order valence-electron chi connectivity index (χ0n) is 9.19. The Bertz CT molecular complexity index is 102. The fraction of sp³-hybridized carbons (Fsp3) is 1.00. The summed E-state index contributed by atoms with van der Waals surface area (Å²) in [5.41, 5.74) is 6.44. The summed E-state index contributed by atoms with van der Waals surface area (Å²) in [4.78, 5) is 0. The van der Waals surface area contributed by atoms with Gasteiger partial charge in [-0.1, -0.05) is 40.5 Å². The second-order valence-corrected chi connectivity index (χ2v) is 4.46. The van der Waals surface area contributed by atoms with Crippen LogP contribution in [0.1, 0.15) is 59.8 Å². The van der Waals surface area contributed by atoms with Gasteiger partial charge in [0, 0.05) is 5.54 Å². The minimum atomic E-state index is 0.123. The van der Waals surface area contributed by atoms with Crippen molar-refractivity contribution in [3.8, 4) is 0 Å². The molecule has 0 unspecified atom stereocenters. The summed E-state index contributed by atoms with van der Waals surface area (Å²) in [6, 6.07) is 0. The summed E-state index contributed by atoms with van der Waals surface area (Å²) in [5.74, 6) is 0.730. The third kappa shape index (κ3) is 4.76. The van der Waals surface area contributed by atoms with Crippen LogP contribution in [0, 0.1) is 5.92 Å². The average molecular weight is 171 g/mol. The van der Waals surface area contributed by atoms with E-state index in [0.29, 0.717) is 0 Å². The Morgan fingerprint density at radius 2 is 1.50 bits per heavy atom. The van der Waals surface area contributed by atoms with Gasteiger partial charge in [0.05, 0.1) is 0 Å². The van der Waals surface area contributed by atoms with Gasteiger partial charge < -0.3 is 5.73 Å². The average Bonchev–Trinajstić information content (AvgIpc) is 1.85. The summed E-state index contributed by atoms with van der Waals surface area (Å²) in [6.07, 6.45) is 5.96. The van der Waals surface area contributed by atoms with E-state index >= 15 is 0 Å². The molecule has 0 spiro atoms. The highest BCUT2D eigenvalue weighted by atomic mass is 14.7. The van der Waals surface area contributed by atoms with E-state index in [1.54, 1.807) is 0 Å². The molecule has 0 aliphatic carbocycles. The molecule has 0 aliphatic rings. The van der Waals surface area contributed by atoms with Crippen LogP contribution >= 0.6 is 0 Å². The molecule has 0 aliphatic heterocycles. The molecule has 0 aromatic rings. The van der Waals surface area contributed by atoms with E-state index < -0.39 is 0 Å². The van der Waals surface area contributed by atoms with Gasteiger partial charge in [-0.15, -0.1) is 0 Å². The summed E-state index contributed by atoms with van der Waals surface area (Å²) < 4.78 is 0. The molecule has 0 aromatic carbocycles. The second-order valence-electron chi connectivity index (χ2n) is 4.46. The first-order valence-corrected chi connectivity index (χ1v) is 5.33. The van der Waals surface area contributed by atoms with Gasteiger partial charge in [-0.3, -0.25) is 0 Å². The van der Waals surface area contributed by atoms with Crippen molar-refractivity contribution in [3.63, 3.8) is 0 Å². The predicted molar refractivity (Wildman–Crippen MR) is 56.2 cm³/mol. The third-order valence-corrected chi connectivity index (χ3v) is 2.31. The van der Waals surface area contributed by atoms with Crippen LogP contribution in [0.15, 0.2) is 0 Å². The van der Waals surface area contributed by atoms with Crippen LogP contribution in [0.4, 0.5) is 0 Å². The molecule has 0 bridgehead atoms. The Morgan fingerprint density at radius 3 is 1.75 bits per heavy atom. The topological polar surface area (TPSA) is 26.0 Å². The Balaban J connectivity index is 3.98. The van der Waals surface area contributed by atoms with Crippen LogP contribution in [0.3, 0.4) is 0 Å². The Hall–Kier alpha value is -0.0400. The first-order valence-electron chi connectivity index (χ1n) is 5.33. The zero-order chi connectivity index (χ0) is 9.61. The van der Waals surface area contributed by atoms with Gasteiger partial charge in [0.25, 0.3) is 0 Å². The Kier molecular flexibility index (Phi) is 5.56. The molecule has 1 heteroatoms. The van der Waals surface area contributed by atoms with E-state index in [1.807, 2.05) is 0 Å². The maximum Gasteiger partial charge on any atom is 0.0156 e. The zero-order valence-corrected chi connectivity index (χ0v) is 9.19. The lowest BCUT2D eigenvalue weighted by Gasteiger charge is -2.30. The molecule has 2 N–H and O–H groups in total.